The van der Waals surface area contributed by atoms with Crippen molar-refractivity contribution < 1.29 is 4.74 Å². The number of pyridine rings is 2. The smallest absolute Gasteiger partial charge is 0.265 e. The third-order valence-corrected chi connectivity index (χ3v) is 9.38. The normalized spacial score (nSPS) is 11.6. The standard InChI is InChI=1S/C42H28B2N2O/c1-3-12-30(13-4-1)43(40-18-7-9-24-45-40)32-21-20-29-26-37-34-23-22-33(44(31-14-5-2-6-15-31)41-19-8-10-25-46-41)28-39(34)47-38-17-11-16-35(42(37)38)36(29)27-32/h1-28H. The lowest BCUT2D eigenvalue weighted by atomic mass is 9.38. The zero-order valence-electron chi connectivity index (χ0n) is 25.6. The van der Waals surface area contributed by atoms with Crippen molar-refractivity contribution in [3.8, 4) is 22.6 Å². The summed E-state index contributed by atoms with van der Waals surface area (Å²) in [6.45, 7) is 0.0230. The molecule has 6 aromatic carbocycles. The van der Waals surface area contributed by atoms with E-state index in [2.05, 4.69) is 146 Å². The molecule has 47 heavy (non-hydrogen) atoms. The molecule has 1 aliphatic heterocycles. The van der Waals surface area contributed by atoms with Gasteiger partial charge >= 0.3 is 0 Å². The molecule has 5 heteroatoms. The minimum Gasteiger partial charge on any atom is -0.456 e. The van der Waals surface area contributed by atoms with E-state index in [1.54, 1.807) is 0 Å². The molecule has 0 radical (unpaired) electrons. The van der Waals surface area contributed by atoms with E-state index in [1.165, 1.54) is 38.1 Å². The number of hydrogen-bond donors (Lipinski definition) is 0. The van der Waals surface area contributed by atoms with Gasteiger partial charge in [0.05, 0.1) is 0 Å². The van der Waals surface area contributed by atoms with E-state index in [1.807, 2.05) is 24.5 Å². The summed E-state index contributed by atoms with van der Waals surface area (Å²) in [5, 5.41) is 4.75. The van der Waals surface area contributed by atoms with Crippen LogP contribution in [0.1, 0.15) is 0 Å². The van der Waals surface area contributed by atoms with E-state index in [0.717, 1.165) is 39.1 Å². The lowest BCUT2D eigenvalue weighted by Gasteiger charge is -2.24. The van der Waals surface area contributed by atoms with Gasteiger partial charge in [-0.1, -0.05) is 137 Å². The van der Waals surface area contributed by atoms with Crippen molar-refractivity contribution in [1.29, 1.82) is 0 Å². The molecule has 0 bridgehead atoms. The monoisotopic (exact) mass is 598 g/mol. The molecular formula is C42H28B2N2O. The SMILES string of the molecule is c1ccc(B(c2ccc3c(c2)Oc2cccc4c2c-3cc2ccc(B(c3ccccc3)c3ccccn3)cc24)c2ccccn2)cc1. The van der Waals surface area contributed by atoms with Gasteiger partial charge in [-0.05, 0) is 64.2 Å². The molecule has 1 aliphatic rings. The highest BCUT2D eigenvalue weighted by molar-refractivity contribution is 6.95. The first kappa shape index (κ1) is 27.4. The van der Waals surface area contributed by atoms with Gasteiger partial charge in [0.25, 0.3) is 13.4 Å². The van der Waals surface area contributed by atoms with E-state index in [0.29, 0.717) is 0 Å². The number of rotatable bonds is 6. The Hall–Kier alpha value is -5.93. The van der Waals surface area contributed by atoms with Crippen LogP contribution in [0.3, 0.4) is 0 Å². The summed E-state index contributed by atoms with van der Waals surface area (Å²) in [4.78, 5) is 9.54. The average Bonchev–Trinajstić information content (AvgIpc) is 3.14. The molecule has 0 saturated heterocycles. The van der Waals surface area contributed by atoms with E-state index in [-0.39, 0.29) is 13.4 Å². The van der Waals surface area contributed by atoms with Crippen LogP contribution in [0.15, 0.2) is 170 Å². The first-order valence-electron chi connectivity index (χ1n) is 16.1. The lowest BCUT2D eigenvalue weighted by Crippen LogP contribution is -2.53. The fourth-order valence-corrected chi connectivity index (χ4v) is 7.27. The maximum absolute atomic E-state index is 6.75. The lowest BCUT2D eigenvalue weighted by molar-refractivity contribution is 0.487. The van der Waals surface area contributed by atoms with Gasteiger partial charge in [-0.15, -0.1) is 0 Å². The molecule has 0 fully saturated rings. The highest BCUT2D eigenvalue weighted by Gasteiger charge is 2.28. The minimum atomic E-state index is -0.00446. The Balaban J connectivity index is 1.20. The number of nitrogens with zero attached hydrogens (tertiary/aromatic N) is 2. The van der Waals surface area contributed by atoms with Gasteiger partial charge in [0, 0.05) is 34.5 Å². The molecule has 218 valence electrons. The third-order valence-electron chi connectivity index (χ3n) is 9.38. The first-order chi connectivity index (χ1) is 23.3. The zero-order chi connectivity index (χ0) is 31.2. The van der Waals surface area contributed by atoms with Crippen molar-refractivity contribution in [2.45, 2.75) is 0 Å². The highest BCUT2D eigenvalue weighted by atomic mass is 16.5. The Kier molecular flexibility index (Phi) is 6.68. The van der Waals surface area contributed by atoms with Crippen molar-refractivity contribution in [1.82, 2.24) is 9.97 Å². The molecular weight excluding hydrogens is 570 g/mol. The van der Waals surface area contributed by atoms with E-state index >= 15 is 0 Å². The molecule has 0 atom stereocenters. The highest BCUT2D eigenvalue weighted by Crippen LogP contribution is 2.48. The predicted molar refractivity (Wildman–Crippen MR) is 198 cm³/mol. The molecule has 9 rings (SSSR count). The number of hydrogen-bond acceptors (Lipinski definition) is 3. The summed E-state index contributed by atoms with van der Waals surface area (Å²) in [5.74, 6) is 1.75. The van der Waals surface area contributed by atoms with Crippen LogP contribution < -0.4 is 37.8 Å². The van der Waals surface area contributed by atoms with Crippen LogP contribution in [0.4, 0.5) is 0 Å². The Morgan fingerprint density at radius 2 is 1.02 bits per heavy atom. The fraction of sp³-hybridized carbons (Fsp3) is 0. The maximum atomic E-state index is 6.75. The van der Waals surface area contributed by atoms with Gasteiger partial charge in [0.2, 0.25) is 0 Å². The van der Waals surface area contributed by atoms with E-state index < -0.39 is 0 Å². The van der Waals surface area contributed by atoms with Crippen molar-refractivity contribution in [2.75, 3.05) is 0 Å². The van der Waals surface area contributed by atoms with Gasteiger partial charge in [-0.25, -0.2) is 0 Å². The molecule has 8 aromatic rings. The van der Waals surface area contributed by atoms with Crippen LogP contribution in [0.25, 0.3) is 32.7 Å². The molecule has 0 aliphatic carbocycles. The largest absolute Gasteiger partial charge is 0.456 e. The number of benzene rings is 6. The summed E-state index contributed by atoms with van der Waals surface area (Å²) in [6, 6.07) is 55.8. The summed E-state index contributed by atoms with van der Waals surface area (Å²) in [7, 11) is 0. The Labute approximate surface area is 274 Å². The summed E-state index contributed by atoms with van der Waals surface area (Å²) < 4.78 is 6.75. The molecule has 2 aromatic heterocycles. The maximum Gasteiger partial charge on any atom is 0.265 e. The summed E-state index contributed by atoms with van der Waals surface area (Å²) in [6.07, 6.45) is 3.75. The van der Waals surface area contributed by atoms with Gasteiger partial charge in [-0.3, -0.25) is 9.97 Å². The first-order valence-corrected chi connectivity index (χ1v) is 16.1. The van der Waals surface area contributed by atoms with Crippen molar-refractivity contribution in [3.63, 3.8) is 0 Å². The van der Waals surface area contributed by atoms with Crippen LogP contribution in [-0.2, 0) is 0 Å². The minimum absolute atomic E-state index is 0.00446. The van der Waals surface area contributed by atoms with Crippen LogP contribution in [-0.4, -0.2) is 23.4 Å². The Bertz CT molecular complexity index is 2310. The molecule has 0 unspecified atom stereocenters. The molecule has 3 nitrogen and oxygen atoms in total. The molecule has 0 amide bonds. The zero-order valence-corrected chi connectivity index (χ0v) is 25.6. The molecule has 0 spiro atoms. The second kappa shape index (κ2) is 11.5. The van der Waals surface area contributed by atoms with Crippen molar-refractivity contribution in [3.05, 3.63) is 170 Å². The van der Waals surface area contributed by atoms with E-state index in [4.69, 9.17) is 14.7 Å². The number of ether oxygens (including phenoxy) is 1. The second-order valence-electron chi connectivity index (χ2n) is 12.1. The predicted octanol–water partition coefficient (Wildman–Crippen LogP) is 5.59. The topological polar surface area (TPSA) is 35.0 Å². The second-order valence-corrected chi connectivity index (χ2v) is 12.1. The van der Waals surface area contributed by atoms with Crippen LogP contribution in [0.5, 0.6) is 11.5 Å². The number of fused-ring (bicyclic) bond motifs is 4. The van der Waals surface area contributed by atoms with Crippen LogP contribution in [0, 0.1) is 0 Å². The summed E-state index contributed by atoms with van der Waals surface area (Å²) in [5.41, 5.74) is 9.13. The third kappa shape index (κ3) is 4.79. The van der Waals surface area contributed by atoms with Crippen molar-refractivity contribution >= 4 is 68.0 Å². The van der Waals surface area contributed by atoms with Gasteiger partial charge in [0.1, 0.15) is 11.5 Å². The number of aromatic nitrogens is 2. The molecule has 3 heterocycles. The van der Waals surface area contributed by atoms with Crippen LogP contribution in [0.2, 0.25) is 0 Å². The molecule has 0 N–H and O–H groups in total. The Morgan fingerprint density at radius 3 is 1.66 bits per heavy atom. The van der Waals surface area contributed by atoms with Gasteiger partial charge in [-0.2, -0.15) is 0 Å². The van der Waals surface area contributed by atoms with E-state index in [9.17, 15) is 0 Å². The van der Waals surface area contributed by atoms with Crippen molar-refractivity contribution in [2.24, 2.45) is 0 Å². The average molecular weight is 598 g/mol. The Morgan fingerprint density at radius 1 is 0.404 bits per heavy atom. The fourth-order valence-electron chi connectivity index (χ4n) is 7.27. The quantitative estimate of drug-likeness (QED) is 0.185. The van der Waals surface area contributed by atoms with Gasteiger partial charge < -0.3 is 4.74 Å². The van der Waals surface area contributed by atoms with Crippen LogP contribution >= 0.6 is 0 Å². The van der Waals surface area contributed by atoms with Gasteiger partial charge in [0.15, 0.2) is 0 Å². The summed E-state index contributed by atoms with van der Waals surface area (Å²) >= 11 is 0. The molecule has 0 saturated carbocycles.